The average Bonchev–Trinajstić information content (AvgIpc) is 3.77. The van der Waals surface area contributed by atoms with E-state index in [1.165, 1.54) is 62.8 Å². The number of methoxy groups -OCH3 is 2. The van der Waals surface area contributed by atoms with Crippen molar-refractivity contribution >= 4 is 79.0 Å². The number of nitrogens with two attached hydrogens (primary N) is 1. The normalized spacial score (nSPS) is 20.3. The van der Waals surface area contributed by atoms with E-state index in [-0.39, 0.29) is 77.0 Å². The molecule has 2 saturated carbocycles. The van der Waals surface area contributed by atoms with Crippen molar-refractivity contribution in [3.8, 4) is 0 Å². The lowest BCUT2D eigenvalue weighted by Gasteiger charge is -2.39. The molecule has 3 aliphatic carbocycles. The van der Waals surface area contributed by atoms with Crippen molar-refractivity contribution in [1.82, 2.24) is 20.1 Å². The van der Waals surface area contributed by atoms with Gasteiger partial charge in [-0.05, 0) is 108 Å². The number of nitrogens with one attached hydrogen (secondary N) is 6. The van der Waals surface area contributed by atoms with Crippen LogP contribution in [-0.2, 0) is 80.7 Å². The number of amides is 6. The van der Waals surface area contributed by atoms with E-state index < -0.39 is 77.9 Å². The highest BCUT2D eigenvalue weighted by Gasteiger charge is 2.62. The fourth-order valence-corrected chi connectivity index (χ4v) is 12.2. The molecule has 84 heavy (non-hydrogen) atoms. The minimum Gasteiger partial charge on any atom is -0.469 e. The van der Waals surface area contributed by atoms with Crippen LogP contribution < -0.4 is 36.4 Å². The lowest BCUT2D eigenvalue weighted by molar-refractivity contribution is -0.141. The number of sulfonamides is 2. The van der Waals surface area contributed by atoms with Gasteiger partial charge in [0.2, 0.25) is 17.7 Å². The maximum Gasteiger partial charge on any atom is 0.408 e. The third kappa shape index (κ3) is 19.0. The zero-order valence-electron chi connectivity index (χ0n) is 48.6. The molecule has 3 aromatic rings. The highest BCUT2D eigenvalue weighted by molar-refractivity contribution is 7.90. The molecule has 3 aliphatic rings. The minimum atomic E-state index is -4.54. The van der Waals surface area contributed by atoms with E-state index in [1.54, 1.807) is 32.9 Å². The molecule has 0 bridgehead atoms. The number of esters is 2. The van der Waals surface area contributed by atoms with Crippen molar-refractivity contribution in [2.45, 2.75) is 175 Å². The van der Waals surface area contributed by atoms with Crippen molar-refractivity contribution in [3.05, 3.63) is 109 Å². The molecule has 22 nitrogen and oxygen atoms in total. The van der Waals surface area contributed by atoms with Crippen LogP contribution in [0.15, 0.2) is 108 Å². The Labute approximate surface area is 492 Å². The van der Waals surface area contributed by atoms with Gasteiger partial charge in [-0.1, -0.05) is 99.2 Å². The number of carbonyl (C=O) groups excluding carboxylic acids is 8. The molecule has 5 atom stereocenters. The van der Waals surface area contributed by atoms with Crippen molar-refractivity contribution in [2.75, 3.05) is 24.9 Å². The molecule has 3 aromatic carbocycles. The number of unbranched alkanes of at least 4 members (excludes halogenated alkanes) is 8. The number of aryl methyl sites for hydroxylation is 1. The standard InChI is InChI=1S/C38H50N4O9S.C22H31N3O6S/c1-6-28-25-38(28,40-33(45)37(41-35(47)51-36(2,3)4)23-22-26-16-12-13-17-27(26)24-37)34(46)42-52(48,49)30-19-15-14-18-29(30)39-31(43)20-10-8-7-9-11-21-32(44)50-5;1-3-16-15-22(16,23)21(28)25-32(29,30)18-12-10-9-11-17(18)24-19(26)13-7-5-4-6-8-14-20(27)31-2/h6,12-19,28H,1,7-11,20-25H2,2-5H3,(H,39,43)(H,40,45)(H,41,47)(H,42,46);3,9-12,16H,1,4-8,13-15,23H2,2H3,(H,24,26)(H,25,28)/t28-,37?,38-;16-,22-/m11/s1. The van der Waals surface area contributed by atoms with Crippen LogP contribution in [-0.4, -0.2) is 101 Å². The number of alkyl carbamates (subject to hydrolysis) is 1. The van der Waals surface area contributed by atoms with Gasteiger partial charge in [-0.25, -0.2) is 31.1 Å². The number of anilines is 2. The quantitative estimate of drug-likeness (QED) is 0.0158. The molecule has 8 N–H and O–H groups in total. The van der Waals surface area contributed by atoms with Crippen LogP contribution in [0.3, 0.4) is 0 Å². The van der Waals surface area contributed by atoms with Gasteiger partial charge < -0.3 is 41.2 Å². The summed E-state index contributed by atoms with van der Waals surface area (Å²) in [6.45, 7) is 12.5. The van der Waals surface area contributed by atoms with E-state index in [9.17, 15) is 55.2 Å². The number of para-hydroxylation sites is 2. The first-order chi connectivity index (χ1) is 39.7. The monoisotopic (exact) mass is 1200 g/mol. The lowest BCUT2D eigenvalue weighted by atomic mass is 9.77. The molecule has 2 fully saturated rings. The fraction of sp³-hybridized carbons (Fsp3) is 0.500. The molecule has 0 aliphatic heterocycles. The molecule has 458 valence electrons. The van der Waals surface area contributed by atoms with Crippen LogP contribution in [0.1, 0.15) is 141 Å². The Bertz CT molecular complexity index is 3150. The topological polar surface area (TPSA) is 331 Å². The Hall–Kier alpha value is -7.44. The second kappa shape index (κ2) is 29.9. The molecule has 24 heteroatoms. The summed E-state index contributed by atoms with van der Waals surface area (Å²) in [7, 11) is -6.05. The second-order valence-corrected chi connectivity index (χ2v) is 25.7. The number of rotatable bonds is 29. The van der Waals surface area contributed by atoms with Gasteiger partial charge >= 0.3 is 18.0 Å². The van der Waals surface area contributed by atoms with Gasteiger partial charge in [0.1, 0.15) is 32.0 Å². The number of hydrogen-bond acceptors (Lipinski definition) is 16. The second-order valence-electron chi connectivity index (χ2n) is 22.4. The Balaban J connectivity index is 0.000000345. The van der Waals surface area contributed by atoms with E-state index in [2.05, 4.69) is 48.6 Å². The Morgan fingerprint density at radius 2 is 1.02 bits per heavy atom. The van der Waals surface area contributed by atoms with Crippen LogP contribution in [0, 0.1) is 11.8 Å². The minimum absolute atomic E-state index is 0.00131. The summed E-state index contributed by atoms with van der Waals surface area (Å²) in [5, 5.41) is 10.8. The number of ether oxygens (including phenoxy) is 3. The predicted octanol–water partition coefficient (Wildman–Crippen LogP) is 7.08. The van der Waals surface area contributed by atoms with Crippen molar-refractivity contribution in [2.24, 2.45) is 17.6 Å². The van der Waals surface area contributed by atoms with Crippen molar-refractivity contribution in [3.63, 3.8) is 0 Å². The molecule has 6 rings (SSSR count). The molecule has 1 unspecified atom stereocenters. The van der Waals surface area contributed by atoms with Gasteiger partial charge in [-0.2, -0.15) is 0 Å². The van der Waals surface area contributed by atoms with Gasteiger partial charge in [0, 0.05) is 43.9 Å². The maximum absolute atomic E-state index is 14.3. The van der Waals surface area contributed by atoms with E-state index in [1.807, 2.05) is 29.0 Å². The van der Waals surface area contributed by atoms with E-state index in [0.717, 1.165) is 56.1 Å². The predicted molar refractivity (Wildman–Crippen MR) is 314 cm³/mol. The number of carbonyl (C=O) groups is 8. The van der Waals surface area contributed by atoms with Crippen LogP contribution in [0.2, 0.25) is 0 Å². The summed E-state index contributed by atoms with van der Waals surface area (Å²) in [4.78, 5) is 100. The molecular weight excluding hydrogens is 1120 g/mol. The maximum atomic E-state index is 14.3. The van der Waals surface area contributed by atoms with Gasteiger partial charge in [0.25, 0.3) is 31.9 Å². The zero-order valence-corrected chi connectivity index (χ0v) is 50.2. The van der Waals surface area contributed by atoms with Crippen LogP contribution in [0.25, 0.3) is 0 Å². The Morgan fingerprint density at radius 3 is 1.48 bits per heavy atom. The van der Waals surface area contributed by atoms with E-state index in [0.29, 0.717) is 44.9 Å². The Morgan fingerprint density at radius 1 is 0.583 bits per heavy atom. The summed E-state index contributed by atoms with van der Waals surface area (Å²) in [5.74, 6) is -4.47. The molecular formula is C60H81N7O15S2. The smallest absolute Gasteiger partial charge is 0.408 e. The third-order valence-corrected chi connectivity index (χ3v) is 17.6. The van der Waals surface area contributed by atoms with Gasteiger partial charge in [-0.15, -0.1) is 13.2 Å². The van der Waals surface area contributed by atoms with E-state index in [4.69, 9.17) is 10.5 Å². The first kappa shape index (κ1) is 67.4. The number of fused-ring (bicyclic) bond motifs is 1. The van der Waals surface area contributed by atoms with Crippen LogP contribution in [0.4, 0.5) is 16.2 Å². The fourth-order valence-electron chi connectivity index (χ4n) is 9.76. The molecule has 0 saturated heterocycles. The largest absolute Gasteiger partial charge is 0.469 e. The van der Waals surface area contributed by atoms with Gasteiger partial charge in [-0.3, -0.25) is 33.6 Å². The van der Waals surface area contributed by atoms with Crippen LogP contribution in [0.5, 0.6) is 0 Å². The summed E-state index contributed by atoms with van der Waals surface area (Å²) < 4.78 is 71.7. The first-order valence-corrected chi connectivity index (χ1v) is 31.1. The first-order valence-electron chi connectivity index (χ1n) is 28.2. The summed E-state index contributed by atoms with van der Waals surface area (Å²) in [5.41, 5.74) is 2.66. The SMILES string of the molecule is C=C[C@@H]1C[C@]1(N)C(=O)NS(=O)(=O)c1ccccc1NC(=O)CCCCCCCC(=O)OC.C=C[C@@H]1C[C@]1(NC(=O)C1(NC(=O)OC(C)(C)C)CCc2ccccc2C1)C(=O)NS(=O)(=O)c1ccccc1NC(=O)CCCCCCCC(=O)OC. The third-order valence-electron chi connectivity index (χ3n) is 14.8. The highest BCUT2D eigenvalue weighted by Crippen LogP contribution is 2.46. The molecule has 0 radical (unpaired) electrons. The zero-order chi connectivity index (χ0) is 61.9. The Kier molecular flexibility index (Phi) is 24.0. The molecule has 0 aromatic heterocycles. The average molecular weight is 1200 g/mol. The summed E-state index contributed by atoms with van der Waals surface area (Å²) in [6, 6.07) is 19.2. The molecule has 0 spiro atoms. The van der Waals surface area contributed by atoms with Crippen molar-refractivity contribution < 1.29 is 69.4 Å². The van der Waals surface area contributed by atoms with Gasteiger partial charge in [0.05, 0.1) is 25.6 Å². The van der Waals surface area contributed by atoms with Crippen LogP contribution >= 0.6 is 0 Å². The lowest BCUT2D eigenvalue weighted by Crippen LogP contribution is -2.65. The summed E-state index contributed by atoms with van der Waals surface area (Å²) >= 11 is 0. The molecule has 0 heterocycles. The van der Waals surface area contributed by atoms with Crippen molar-refractivity contribution in [1.29, 1.82) is 0 Å². The molecule has 6 amide bonds. The van der Waals surface area contributed by atoms with E-state index >= 15 is 0 Å². The number of hydrogen-bond donors (Lipinski definition) is 7. The van der Waals surface area contributed by atoms with Gasteiger partial charge in [0.15, 0.2) is 0 Å². The highest BCUT2D eigenvalue weighted by atomic mass is 32.2. The number of benzene rings is 3. The summed E-state index contributed by atoms with van der Waals surface area (Å²) in [6.07, 6.45) is 12.2.